The number of aromatic nitrogens is 1. The Hall–Kier alpha value is -3.58. The molecule has 0 radical (unpaired) electrons. The van der Waals surface area contributed by atoms with Crippen LogP contribution in [-0.2, 0) is 14.3 Å². The molecule has 1 aromatic heterocycles. The van der Waals surface area contributed by atoms with Crippen LogP contribution in [0.1, 0.15) is 34.9 Å². The van der Waals surface area contributed by atoms with E-state index in [0.29, 0.717) is 10.8 Å². The van der Waals surface area contributed by atoms with Crippen molar-refractivity contribution in [3.8, 4) is 0 Å². The van der Waals surface area contributed by atoms with Crippen molar-refractivity contribution in [2.45, 2.75) is 27.7 Å². The predicted octanol–water partition coefficient (Wildman–Crippen LogP) is 5.10. The number of carbonyl (C=O) groups is 2. The minimum atomic E-state index is -0.523. The third-order valence-corrected chi connectivity index (χ3v) is 5.89. The number of cyclic esters (lactones) is 1. The Morgan fingerprint density at radius 1 is 1.06 bits per heavy atom. The van der Waals surface area contributed by atoms with Gasteiger partial charge in [-0.05, 0) is 61.7 Å². The van der Waals surface area contributed by atoms with Crippen LogP contribution < -0.4 is 4.90 Å². The third kappa shape index (κ3) is 4.18. The van der Waals surface area contributed by atoms with Gasteiger partial charge < -0.3 is 4.74 Å². The zero-order valence-corrected chi connectivity index (χ0v) is 18.5. The molecule has 0 unspecified atom stereocenters. The summed E-state index contributed by atoms with van der Waals surface area (Å²) >= 11 is 1.32. The number of ether oxygens (including phenoxy) is 1. The second kappa shape index (κ2) is 8.28. The molecule has 7 heteroatoms. The number of nitrogens with zero attached hydrogens (tertiary/aromatic N) is 3. The number of amides is 1. The molecule has 1 aliphatic heterocycles. The average Bonchev–Trinajstić information content (AvgIpc) is 3.32. The van der Waals surface area contributed by atoms with Gasteiger partial charge in [0.25, 0.3) is 0 Å². The van der Waals surface area contributed by atoms with Crippen molar-refractivity contribution >= 4 is 46.0 Å². The molecular formula is C24H21N3O3S. The second-order valence-electron chi connectivity index (χ2n) is 7.33. The molecule has 2 heterocycles. The molecule has 0 N–H and O–H groups in total. The van der Waals surface area contributed by atoms with Crippen molar-refractivity contribution in [2.75, 3.05) is 4.90 Å². The molecule has 0 spiro atoms. The molecule has 3 aromatic rings. The minimum absolute atomic E-state index is 0.142. The number of aryl methyl sites for hydroxylation is 3. The molecule has 2 aromatic carbocycles. The molecule has 0 atom stereocenters. The van der Waals surface area contributed by atoms with E-state index in [1.165, 1.54) is 18.3 Å². The van der Waals surface area contributed by atoms with Gasteiger partial charge in [-0.15, -0.1) is 11.3 Å². The maximum Gasteiger partial charge on any atom is 0.363 e. The number of hydrogen-bond donors (Lipinski definition) is 0. The van der Waals surface area contributed by atoms with Crippen LogP contribution in [0, 0.1) is 20.8 Å². The Kier molecular flexibility index (Phi) is 5.52. The summed E-state index contributed by atoms with van der Waals surface area (Å²) in [5.41, 5.74) is 5.46. The van der Waals surface area contributed by atoms with Crippen LogP contribution >= 0.6 is 11.3 Å². The molecule has 0 fully saturated rings. The second-order valence-corrected chi connectivity index (χ2v) is 8.17. The molecular weight excluding hydrogens is 410 g/mol. The fourth-order valence-corrected chi connectivity index (χ4v) is 4.06. The summed E-state index contributed by atoms with van der Waals surface area (Å²) in [6, 6.07) is 13.4. The molecule has 0 saturated carbocycles. The first-order chi connectivity index (χ1) is 14.8. The zero-order chi connectivity index (χ0) is 22.1. The summed E-state index contributed by atoms with van der Waals surface area (Å²) in [5.74, 6) is -0.382. The fraction of sp³-hybridized carbons (Fsp3) is 0.167. The summed E-state index contributed by atoms with van der Waals surface area (Å²) in [4.78, 5) is 35.1. The van der Waals surface area contributed by atoms with Crippen molar-refractivity contribution in [3.05, 3.63) is 81.5 Å². The fourth-order valence-electron chi connectivity index (χ4n) is 3.21. The number of hydrogen-bond acceptors (Lipinski definition) is 6. The van der Waals surface area contributed by atoms with Crippen molar-refractivity contribution in [1.29, 1.82) is 0 Å². The monoisotopic (exact) mass is 431 g/mol. The molecule has 1 amide bonds. The van der Waals surface area contributed by atoms with Crippen LogP contribution in [0.4, 0.5) is 10.8 Å². The Labute approximate surface area is 184 Å². The Morgan fingerprint density at radius 3 is 2.55 bits per heavy atom. The van der Waals surface area contributed by atoms with E-state index in [9.17, 15) is 9.59 Å². The summed E-state index contributed by atoms with van der Waals surface area (Å²) in [5, 5.41) is 2.31. The van der Waals surface area contributed by atoms with Gasteiger partial charge in [-0.3, -0.25) is 9.69 Å². The van der Waals surface area contributed by atoms with E-state index in [0.717, 1.165) is 27.9 Å². The standard InChI is InChI=1S/C24H21N3O3S/c1-14-9-10-19(11-16(14)3)27(17(4)28)24-25-18(13-31-24)12-21-23(29)30-22(26-21)20-8-6-5-7-15(20)2/h5-13H,1-4H3. The number of aliphatic imine (C=N–C) groups is 1. The molecule has 0 aliphatic carbocycles. The van der Waals surface area contributed by atoms with Crippen molar-refractivity contribution in [2.24, 2.45) is 4.99 Å². The van der Waals surface area contributed by atoms with Gasteiger partial charge in [-0.25, -0.2) is 14.8 Å². The van der Waals surface area contributed by atoms with Crippen LogP contribution in [0.2, 0.25) is 0 Å². The van der Waals surface area contributed by atoms with E-state index in [1.807, 2.05) is 63.2 Å². The number of carbonyl (C=O) groups excluding carboxylic acids is 2. The number of esters is 1. The van der Waals surface area contributed by atoms with Gasteiger partial charge in [-0.1, -0.05) is 24.3 Å². The molecule has 31 heavy (non-hydrogen) atoms. The van der Waals surface area contributed by atoms with E-state index < -0.39 is 5.97 Å². The summed E-state index contributed by atoms with van der Waals surface area (Å²) in [6.07, 6.45) is 1.58. The highest BCUT2D eigenvalue weighted by Crippen LogP contribution is 2.31. The van der Waals surface area contributed by atoms with E-state index in [4.69, 9.17) is 4.74 Å². The lowest BCUT2D eigenvalue weighted by atomic mass is 10.1. The van der Waals surface area contributed by atoms with Gasteiger partial charge in [0.2, 0.25) is 11.8 Å². The van der Waals surface area contributed by atoms with E-state index >= 15 is 0 Å². The minimum Gasteiger partial charge on any atom is -0.402 e. The summed E-state index contributed by atoms with van der Waals surface area (Å²) in [6.45, 7) is 7.47. The molecule has 6 nitrogen and oxygen atoms in total. The first kappa shape index (κ1) is 20.7. The smallest absolute Gasteiger partial charge is 0.363 e. The molecule has 156 valence electrons. The summed E-state index contributed by atoms with van der Waals surface area (Å²) < 4.78 is 5.35. The third-order valence-electron chi connectivity index (χ3n) is 5.05. The lowest BCUT2D eigenvalue weighted by molar-refractivity contribution is -0.130. The number of thiazole rings is 1. The number of benzene rings is 2. The Balaban J connectivity index is 1.65. The van der Waals surface area contributed by atoms with Gasteiger partial charge in [0, 0.05) is 17.9 Å². The first-order valence-corrected chi connectivity index (χ1v) is 10.6. The summed E-state index contributed by atoms with van der Waals surface area (Å²) in [7, 11) is 0. The van der Waals surface area contributed by atoms with Crippen LogP contribution in [0.25, 0.3) is 6.08 Å². The highest BCUT2D eigenvalue weighted by Gasteiger charge is 2.26. The average molecular weight is 432 g/mol. The Morgan fingerprint density at radius 2 is 1.84 bits per heavy atom. The highest BCUT2D eigenvalue weighted by molar-refractivity contribution is 7.14. The van der Waals surface area contributed by atoms with E-state index in [2.05, 4.69) is 9.98 Å². The SMILES string of the molecule is CC(=O)N(c1ccc(C)c(C)c1)c1nc(C=C2N=C(c3ccccc3C)OC2=O)cs1. The van der Waals surface area contributed by atoms with Crippen molar-refractivity contribution in [3.63, 3.8) is 0 Å². The normalized spacial score (nSPS) is 14.5. The van der Waals surface area contributed by atoms with Crippen LogP contribution in [0.15, 0.2) is 58.5 Å². The zero-order valence-electron chi connectivity index (χ0n) is 17.7. The maximum absolute atomic E-state index is 12.4. The topological polar surface area (TPSA) is 71.9 Å². The first-order valence-electron chi connectivity index (χ1n) is 9.75. The van der Waals surface area contributed by atoms with Crippen LogP contribution in [0.3, 0.4) is 0 Å². The predicted molar refractivity (Wildman–Crippen MR) is 123 cm³/mol. The van der Waals surface area contributed by atoms with Gasteiger partial charge in [0.1, 0.15) is 0 Å². The quantitative estimate of drug-likeness (QED) is 0.426. The molecule has 4 rings (SSSR count). The van der Waals surface area contributed by atoms with Crippen molar-refractivity contribution in [1.82, 2.24) is 4.98 Å². The molecule has 0 bridgehead atoms. The molecule has 0 saturated heterocycles. The number of rotatable bonds is 4. The van der Waals surface area contributed by atoms with Crippen LogP contribution in [-0.4, -0.2) is 22.8 Å². The largest absolute Gasteiger partial charge is 0.402 e. The van der Waals surface area contributed by atoms with E-state index in [1.54, 1.807) is 16.4 Å². The van der Waals surface area contributed by atoms with Gasteiger partial charge in [-0.2, -0.15) is 0 Å². The highest BCUT2D eigenvalue weighted by atomic mass is 32.1. The van der Waals surface area contributed by atoms with Crippen molar-refractivity contribution < 1.29 is 14.3 Å². The van der Waals surface area contributed by atoms with Gasteiger partial charge >= 0.3 is 5.97 Å². The maximum atomic E-state index is 12.4. The lowest BCUT2D eigenvalue weighted by Crippen LogP contribution is -2.22. The number of anilines is 2. The van der Waals surface area contributed by atoms with Gasteiger partial charge in [0.15, 0.2) is 10.8 Å². The lowest BCUT2D eigenvalue weighted by Gasteiger charge is -2.19. The van der Waals surface area contributed by atoms with Gasteiger partial charge in [0.05, 0.1) is 11.4 Å². The Bertz CT molecular complexity index is 1260. The van der Waals surface area contributed by atoms with Crippen LogP contribution in [0.5, 0.6) is 0 Å². The van der Waals surface area contributed by atoms with E-state index in [-0.39, 0.29) is 17.5 Å². The molecule has 1 aliphatic rings.